The van der Waals surface area contributed by atoms with Gasteiger partial charge in [-0.2, -0.15) is 0 Å². The molecule has 0 aliphatic heterocycles. The lowest BCUT2D eigenvalue weighted by Gasteiger charge is -2.32. The van der Waals surface area contributed by atoms with Crippen LogP contribution in [0.2, 0.25) is 0 Å². The van der Waals surface area contributed by atoms with Gasteiger partial charge in [0.2, 0.25) is 0 Å². The predicted molar refractivity (Wildman–Crippen MR) is 143 cm³/mol. The van der Waals surface area contributed by atoms with Crippen LogP contribution in [0, 0.1) is 17.8 Å². The van der Waals surface area contributed by atoms with Crippen molar-refractivity contribution in [3.05, 3.63) is 29.3 Å². The minimum absolute atomic E-state index is 0.0992. The Morgan fingerprint density at radius 3 is 2.55 bits per heavy atom. The second-order valence-corrected chi connectivity index (χ2v) is 10.9. The van der Waals surface area contributed by atoms with Crippen molar-refractivity contribution < 1.29 is 39.1 Å². The maximum absolute atomic E-state index is 12.3. The molecule has 0 spiro atoms. The molecule has 3 rings (SSSR count). The quantitative estimate of drug-likeness (QED) is 0.182. The molecule has 5 atom stereocenters. The maximum Gasteiger partial charge on any atom is 0.508 e. The van der Waals surface area contributed by atoms with E-state index in [-0.39, 0.29) is 43.9 Å². The highest BCUT2D eigenvalue weighted by molar-refractivity contribution is 5.68. The zero-order valence-electron chi connectivity index (χ0n) is 22.8. The van der Waals surface area contributed by atoms with Crippen LogP contribution in [-0.4, -0.2) is 59.5 Å². The van der Waals surface area contributed by atoms with Gasteiger partial charge in [-0.15, -0.1) is 0 Å². The van der Waals surface area contributed by atoms with Crippen molar-refractivity contribution in [2.24, 2.45) is 17.8 Å². The van der Waals surface area contributed by atoms with Crippen molar-refractivity contribution in [1.82, 2.24) is 0 Å². The van der Waals surface area contributed by atoms with Crippen molar-refractivity contribution in [3.63, 3.8) is 0 Å². The number of carbonyl (C=O) groups is 2. The smallest absolute Gasteiger partial charge is 0.482 e. The van der Waals surface area contributed by atoms with E-state index in [2.05, 4.69) is 13.0 Å². The molecule has 0 heterocycles. The number of hydrogen-bond donors (Lipinski definition) is 3. The number of unbranched alkanes of at least 4 members (excludes halogenated alkanes) is 6. The van der Waals surface area contributed by atoms with E-state index in [1.807, 2.05) is 12.1 Å². The summed E-state index contributed by atoms with van der Waals surface area (Å²) in [7, 11) is 0. The molecule has 2 aliphatic rings. The lowest BCUT2D eigenvalue weighted by atomic mass is 9.73. The van der Waals surface area contributed by atoms with Gasteiger partial charge >= 0.3 is 12.1 Å². The van der Waals surface area contributed by atoms with E-state index in [4.69, 9.17) is 24.4 Å². The molecule has 214 valence electrons. The Balaban J connectivity index is 1.60. The summed E-state index contributed by atoms with van der Waals surface area (Å²) in [6.07, 6.45) is 11.5. The van der Waals surface area contributed by atoms with Gasteiger partial charge in [-0.05, 0) is 73.5 Å². The average Bonchev–Trinajstić information content (AvgIpc) is 3.23. The van der Waals surface area contributed by atoms with E-state index in [0.29, 0.717) is 24.5 Å². The first-order chi connectivity index (χ1) is 18.4. The summed E-state index contributed by atoms with van der Waals surface area (Å²) in [5.41, 5.74) is 2.18. The highest BCUT2D eigenvalue weighted by Crippen LogP contribution is 2.49. The number of carboxylic acid groups (broad SMARTS) is 1. The van der Waals surface area contributed by atoms with Gasteiger partial charge in [0, 0.05) is 0 Å². The molecule has 0 unspecified atom stereocenters. The van der Waals surface area contributed by atoms with Gasteiger partial charge < -0.3 is 29.5 Å². The second-order valence-electron chi connectivity index (χ2n) is 10.9. The van der Waals surface area contributed by atoms with Crippen molar-refractivity contribution in [2.45, 2.75) is 103 Å². The molecule has 1 saturated carbocycles. The van der Waals surface area contributed by atoms with Crippen molar-refractivity contribution in [1.29, 1.82) is 0 Å². The molecule has 8 heteroatoms. The van der Waals surface area contributed by atoms with Gasteiger partial charge in [-0.25, -0.2) is 9.59 Å². The highest BCUT2D eigenvalue weighted by Gasteiger charge is 2.47. The molecule has 8 nitrogen and oxygen atoms in total. The Morgan fingerprint density at radius 2 is 1.82 bits per heavy atom. The third-order valence-electron chi connectivity index (χ3n) is 8.20. The number of aliphatic hydroxyl groups excluding tert-OH is 2. The van der Waals surface area contributed by atoms with Crippen molar-refractivity contribution >= 4 is 12.1 Å². The molecular weight excluding hydrogens is 488 g/mol. The van der Waals surface area contributed by atoms with Gasteiger partial charge in [0.25, 0.3) is 0 Å². The molecule has 3 N–H and O–H groups in total. The SMILES string of the molecule is CCCCCCCCC[C@H](O)CC[C@@H]1[C@H]2Cc3cccc(OCC(=O)O)c3C[C@H]2C[C@H]1OC(=O)OCCO. The fourth-order valence-corrected chi connectivity index (χ4v) is 6.34. The van der Waals surface area contributed by atoms with E-state index in [1.54, 1.807) is 0 Å². The Hall–Kier alpha value is -2.32. The maximum atomic E-state index is 12.3. The Kier molecular flexibility index (Phi) is 12.7. The summed E-state index contributed by atoms with van der Waals surface area (Å²) in [6, 6.07) is 5.77. The number of fused-ring (bicyclic) bond motifs is 2. The monoisotopic (exact) mass is 534 g/mol. The number of ether oxygens (including phenoxy) is 3. The van der Waals surface area contributed by atoms with Crippen LogP contribution in [0.5, 0.6) is 5.75 Å². The van der Waals surface area contributed by atoms with Crippen molar-refractivity contribution in [2.75, 3.05) is 19.8 Å². The molecule has 2 aliphatic carbocycles. The van der Waals surface area contributed by atoms with Gasteiger partial charge in [0.05, 0.1) is 12.7 Å². The lowest BCUT2D eigenvalue weighted by molar-refractivity contribution is -0.139. The minimum atomic E-state index is -1.01. The van der Waals surface area contributed by atoms with E-state index in [0.717, 1.165) is 49.7 Å². The van der Waals surface area contributed by atoms with Crippen LogP contribution in [-0.2, 0) is 27.1 Å². The average molecular weight is 535 g/mol. The topological polar surface area (TPSA) is 123 Å². The summed E-state index contributed by atoms with van der Waals surface area (Å²) in [5.74, 6) is 0.248. The molecule has 1 aromatic carbocycles. The molecular formula is C30H46O8. The summed E-state index contributed by atoms with van der Waals surface area (Å²) in [4.78, 5) is 23.3. The second kappa shape index (κ2) is 15.9. The number of hydrogen-bond acceptors (Lipinski definition) is 7. The lowest BCUT2D eigenvalue weighted by Crippen LogP contribution is -2.30. The first-order valence-corrected chi connectivity index (χ1v) is 14.5. The zero-order chi connectivity index (χ0) is 27.3. The van der Waals surface area contributed by atoms with Gasteiger partial charge in [0.15, 0.2) is 6.61 Å². The van der Waals surface area contributed by atoms with Crippen LogP contribution >= 0.6 is 0 Å². The predicted octanol–water partition coefficient (Wildman–Crippen LogP) is 5.30. The summed E-state index contributed by atoms with van der Waals surface area (Å²) < 4.78 is 16.3. The Morgan fingerprint density at radius 1 is 1.05 bits per heavy atom. The molecule has 0 amide bonds. The Bertz CT molecular complexity index is 872. The molecule has 1 fully saturated rings. The van der Waals surface area contributed by atoms with E-state index in [1.165, 1.54) is 32.1 Å². The van der Waals surface area contributed by atoms with E-state index >= 15 is 0 Å². The largest absolute Gasteiger partial charge is 0.508 e. The fourth-order valence-electron chi connectivity index (χ4n) is 6.34. The van der Waals surface area contributed by atoms with Crippen LogP contribution < -0.4 is 4.74 Å². The van der Waals surface area contributed by atoms with Crippen LogP contribution in [0.15, 0.2) is 18.2 Å². The summed E-state index contributed by atoms with van der Waals surface area (Å²) in [5, 5.41) is 28.7. The molecule has 0 bridgehead atoms. The van der Waals surface area contributed by atoms with Gasteiger partial charge in [-0.1, -0.05) is 64.0 Å². The number of aliphatic hydroxyl groups is 2. The van der Waals surface area contributed by atoms with Gasteiger partial charge in [0.1, 0.15) is 18.5 Å². The number of carboxylic acids is 1. The van der Waals surface area contributed by atoms with Crippen LogP contribution in [0.4, 0.5) is 4.79 Å². The standard InChI is InChI=1S/C30H46O8/c1-2-3-4-5-6-7-8-11-23(32)13-14-24-25-17-21-10-9-12-27(37-20-29(33)34)26(21)18-22(25)19-28(24)38-30(35)36-16-15-31/h9-10,12,22-25,28,31-32H,2-8,11,13-20H2,1H3,(H,33,34)/t22-,23-,24+,25-,28+/m0/s1. The van der Waals surface area contributed by atoms with E-state index < -0.39 is 12.1 Å². The number of benzene rings is 1. The van der Waals surface area contributed by atoms with E-state index in [9.17, 15) is 14.7 Å². The van der Waals surface area contributed by atoms with Crippen LogP contribution in [0.3, 0.4) is 0 Å². The number of aliphatic carboxylic acids is 1. The Labute approximate surface area is 226 Å². The zero-order valence-corrected chi connectivity index (χ0v) is 22.8. The summed E-state index contributed by atoms with van der Waals surface area (Å²) >= 11 is 0. The fraction of sp³-hybridized carbons (Fsp3) is 0.733. The molecule has 0 saturated heterocycles. The molecule has 38 heavy (non-hydrogen) atoms. The first kappa shape index (κ1) is 30.2. The minimum Gasteiger partial charge on any atom is -0.482 e. The van der Waals surface area contributed by atoms with Crippen LogP contribution in [0.25, 0.3) is 0 Å². The third kappa shape index (κ3) is 9.16. The summed E-state index contributed by atoms with van der Waals surface area (Å²) in [6.45, 7) is 1.48. The normalized spacial score (nSPS) is 22.8. The van der Waals surface area contributed by atoms with Crippen molar-refractivity contribution in [3.8, 4) is 5.75 Å². The van der Waals surface area contributed by atoms with Crippen LogP contribution in [0.1, 0.15) is 88.7 Å². The first-order valence-electron chi connectivity index (χ1n) is 14.5. The number of carbonyl (C=O) groups excluding carboxylic acids is 1. The number of rotatable bonds is 17. The highest BCUT2D eigenvalue weighted by atomic mass is 16.7. The third-order valence-corrected chi connectivity index (χ3v) is 8.20. The molecule has 1 aromatic rings. The molecule has 0 aromatic heterocycles. The van der Waals surface area contributed by atoms with Gasteiger partial charge in [-0.3, -0.25) is 0 Å². The molecule has 0 radical (unpaired) electrons.